The number of rotatable bonds is 3. The van der Waals surface area contributed by atoms with Gasteiger partial charge in [-0.25, -0.2) is 8.78 Å². The summed E-state index contributed by atoms with van der Waals surface area (Å²) in [6.45, 7) is 3.74. The quantitative estimate of drug-likeness (QED) is 0.871. The first-order valence-corrected chi connectivity index (χ1v) is 7.04. The number of aliphatic hydroxyl groups excluding tert-OH is 1. The Labute approximate surface area is 122 Å². The number of carbonyl (C=O) groups is 1. The van der Waals surface area contributed by atoms with E-state index >= 15 is 0 Å². The summed E-state index contributed by atoms with van der Waals surface area (Å²) in [7, 11) is 0. The molecule has 2 rings (SSSR count). The number of hydrogen-bond donors (Lipinski definition) is 1. The third-order valence-electron chi connectivity index (χ3n) is 3.70. The number of hydrogen-bond acceptors (Lipinski definition) is 2. The van der Waals surface area contributed by atoms with Crippen LogP contribution >= 0.6 is 0 Å². The van der Waals surface area contributed by atoms with E-state index in [1.165, 1.54) is 4.90 Å². The summed E-state index contributed by atoms with van der Waals surface area (Å²) < 4.78 is 27.3. The van der Waals surface area contributed by atoms with Crippen molar-refractivity contribution in [3.05, 3.63) is 47.0 Å². The highest BCUT2D eigenvalue weighted by Crippen LogP contribution is 2.34. The standard InChI is InChI=1S/C16H19F2NO2/c1-3-4-10(2)16(21)19-9-12(20)8-15(19)13-7-11(17)5-6-14(13)18/h4-7,12,15,20H,3,8-9H2,1-2H3/b10-4-. The number of aliphatic hydroxyl groups is 1. The topological polar surface area (TPSA) is 40.5 Å². The maximum Gasteiger partial charge on any atom is 0.249 e. The Hall–Kier alpha value is -1.75. The number of β-amino-alcohol motifs (C(OH)–C–C–N with tert-alkyl or cyclic N) is 1. The van der Waals surface area contributed by atoms with Crippen LogP contribution in [0.2, 0.25) is 0 Å². The monoisotopic (exact) mass is 295 g/mol. The number of nitrogens with zero attached hydrogens (tertiary/aromatic N) is 1. The van der Waals surface area contributed by atoms with Gasteiger partial charge < -0.3 is 10.0 Å². The molecule has 2 atom stereocenters. The number of amides is 1. The lowest BCUT2D eigenvalue weighted by molar-refractivity contribution is -0.128. The SMILES string of the molecule is CC/C=C(/C)C(=O)N1CC(O)CC1c1cc(F)ccc1F. The Bertz CT molecular complexity index is 571. The van der Waals surface area contributed by atoms with Crippen LogP contribution in [0.5, 0.6) is 0 Å². The lowest BCUT2D eigenvalue weighted by atomic mass is 10.0. The molecule has 1 N–H and O–H groups in total. The largest absolute Gasteiger partial charge is 0.391 e. The van der Waals surface area contributed by atoms with E-state index in [-0.39, 0.29) is 24.4 Å². The van der Waals surface area contributed by atoms with Gasteiger partial charge in [0.15, 0.2) is 0 Å². The van der Waals surface area contributed by atoms with Crippen LogP contribution in [-0.4, -0.2) is 28.6 Å². The van der Waals surface area contributed by atoms with Crippen molar-refractivity contribution >= 4 is 5.91 Å². The second-order valence-electron chi connectivity index (χ2n) is 5.32. The van der Waals surface area contributed by atoms with Crippen molar-refractivity contribution in [3.63, 3.8) is 0 Å². The predicted octanol–water partition coefficient (Wildman–Crippen LogP) is 2.96. The lowest BCUT2D eigenvalue weighted by Crippen LogP contribution is -2.32. The van der Waals surface area contributed by atoms with E-state index in [2.05, 4.69) is 0 Å². The van der Waals surface area contributed by atoms with Gasteiger partial charge in [0, 0.05) is 17.7 Å². The fraction of sp³-hybridized carbons (Fsp3) is 0.438. The zero-order chi connectivity index (χ0) is 15.6. The van der Waals surface area contributed by atoms with Gasteiger partial charge in [-0.3, -0.25) is 4.79 Å². The molecule has 0 aromatic heterocycles. The molecule has 1 aliphatic rings. The molecule has 0 saturated carbocycles. The predicted molar refractivity (Wildman–Crippen MR) is 75.5 cm³/mol. The highest BCUT2D eigenvalue weighted by atomic mass is 19.1. The molecule has 1 aromatic carbocycles. The molecule has 0 aliphatic carbocycles. The summed E-state index contributed by atoms with van der Waals surface area (Å²) in [4.78, 5) is 13.8. The highest BCUT2D eigenvalue weighted by Gasteiger charge is 2.37. The molecule has 114 valence electrons. The van der Waals surface area contributed by atoms with Gasteiger partial charge in [0.2, 0.25) is 5.91 Å². The summed E-state index contributed by atoms with van der Waals surface area (Å²) in [6, 6.07) is 2.55. The molecule has 2 unspecified atom stereocenters. The lowest BCUT2D eigenvalue weighted by Gasteiger charge is -2.25. The number of carbonyl (C=O) groups excluding carboxylic acids is 1. The Balaban J connectivity index is 2.35. The molecule has 1 saturated heterocycles. The van der Waals surface area contributed by atoms with E-state index in [1.54, 1.807) is 13.0 Å². The van der Waals surface area contributed by atoms with Crippen molar-refractivity contribution in [2.24, 2.45) is 0 Å². The third-order valence-corrected chi connectivity index (χ3v) is 3.70. The summed E-state index contributed by atoms with van der Waals surface area (Å²) in [5.74, 6) is -1.37. The minimum absolute atomic E-state index is 0.115. The zero-order valence-electron chi connectivity index (χ0n) is 12.1. The Morgan fingerprint density at radius 2 is 2.19 bits per heavy atom. The molecule has 0 radical (unpaired) electrons. The molecule has 1 aromatic rings. The van der Waals surface area contributed by atoms with Crippen molar-refractivity contribution < 1.29 is 18.7 Å². The van der Waals surface area contributed by atoms with E-state index in [0.29, 0.717) is 12.0 Å². The molecule has 3 nitrogen and oxygen atoms in total. The Morgan fingerprint density at radius 1 is 1.48 bits per heavy atom. The summed E-state index contributed by atoms with van der Waals surface area (Å²) in [5, 5.41) is 9.82. The summed E-state index contributed by atoms with van der Waals surface area (Å²) in [6.07, 6.45) is 1.99. The van der Waals surface area contributed by atoms with Gasteiger partial charge in [-0.1, -0.05) is 13.0 Å². The Morgan fingerprint density at radius 3 is 2.86 bits per heavy atom. The first-order chi connectivity index (χ1) is 9.93. The maximum atomic E-state index is 13.9. The van der Waals surface area contributed by atoms with E-state index < -0.39 is 23.8 Å². The molecule has 1 fully saturated rings. The normalized spacial score (nSPS) is 22.7. The first kappa shape index (κ1) is 15.6. The molecule has 1 heterocycles. The van der Waals surface area contributed by atoms with Crippen LogP contribution in [0.15, 0.2) is 29.8 Å². The number of likely N-dealkylation sites (tertiary alicyclic amines) is 1. The van der Waals surface area contributed by atoms with Gasteiger partial charge in [-0.15, -0.1) is 0 Å². The Kier molecular flexibility index (Phi) is 4.73. The number of halogens is 2. The van der Waals surface area contributed by atoms with Gasteiger partial charge in [0.25, 0.3) is 0 Å². The van der Waals surface area contributed by atoms with Gasteiger partial charge in [0.05, 0.1) is 12.1 Å². The van der Waals surface area contributed by atoms with Gasteiger partial charge in [0.1, 0.15) is 11.6 Å². The van der Waals surface area contributed by atoms with Gasteiger partial charge in [-0.2, -0.15) is 0 Å². The summed E-state index contributed by atoms with van der Waals surface area (Å²) in [5.41, 5.74) is 0.664. The van der Waals surface area contributed by atoms with E-state index in [0.717, 1.165) is 18.2 Å². The zero-order valence-corrected chi connectivity index (χ0v) is 12.1. The smallest absolute Gasteiger partial charge is 0.249 e. The summed E-state index contributed by atoms with van der Waals surface area (Å²) >= 11 is 0. The van der Waals surface area contributed by atoms with Crippen LogP contribution in [0.1, 0.15) is 38.3 Å². The van der Waals surface area contributed by atoms with Crippen LogP contribution < -0.4 is 0 Å². The van der Waals surface area contributed by atoms with Gasteiger partial charge >= 0.3 is 0 Å². The van der Waals surface area contributed by atoms with Crippen LogP contribution in [0.4, 0.5) is 8.78 Å². The second-order valence-corrected chi connectivity index (χ2v) is 5.32. The van der Waals surface area contributed by atoms with Crippen molar-refractivity contribution in [1.82, 2.24) is 4.90 Å². The van der Waals surface area contributed by atoms with Crippen molar-refractivity contribution in [2.75, 3.05) is 6.54 Å². The van der Waals surface area contributed by atoms with Crippen LogP contribution in [0.25, 0.3) is 0 Å². The molecular weight excluding hydrogens is 276 g/mol. The van der Waals surface area contributed by atoms with Gasteiger partial charge in [-0.05, 0) is 38.0 Å². The number of allylic oxidation sites excluding steroid dienone is 1. The molecule has 0 bridgehead atoms. The van der Waals surface area contributed by atoms with Crippen LogP contribution in [-0.2, 0) is 4.79 Å². The van der Waals surface area contributed by atoms with E-state index in [4.69, 9.17) is 0 Å². The first-order valence-electron chi connectivity index (χ1n) is 7.04. The fourth-order valence-electron chi connectivity index (χ4n) is 2.72. The average Bonchev–Trinajstić information content (AvgIpc) is 2.82. The maximum absolute atomic E-state index is 13.9. The average molecular weight is 295 g/mol. The second kappa shape index (κ2) is 6.35. The molecular formula is C16H19F2NO2. The highest BCUT2D eigenvalue weighted by molar-refractivity contribution is 5.93. The molecule has 0 spiro atoms. The minimum atomic E-state index is -0.726. The third kappa shape index (κ3) is 3.29. The molecule has 1 aliphatic heterocycles. The fourth-order valence-corrected chi connectivity index (χ4v) is 2.72. The molecule has 5 heteroatoms. The van der Waals surface area contributed by atoms with Crippen molar-refractivity contribution in [3.8, 4) is 0 Å². The van der Waals surface area contributed by atoms with E-state index in [9.17, 15) is 18.7 Å². The van der Waals surface area contributed by atoms with Crippen molar-refractivity contribution in [1.29, 1.82) is 0 Å². The van der Waals surface area contributed by atoms with Crippen molar-refractivity contribution in [2.45, 2.75) is 38.8 Å². The minimum Gasteiger partial charge on any atom is -0.391 e. The molecule has 21 heavy (non-hydrogen) atoms. The van der Waals surface area contributed by atoms with Crippen LogP contribution in [0, 0.1) is 11.6 Å². The molecule has 1 amide bonds. The van der Waals surface area contributed by atoms with Crippen LogP contribution in [0.3, 0.4) is 0 Å². The van der Waals surface area contributed by atoms with E-state index in [1.807, 2.05) is 6.92 Å². The number of benzene rings is 1.